The van der Waals surface area contributed by atoms with Crippen molar-refractivity contribution in [1.82, 2.24) is 15.1 Å². The van der Waals surface area contributed by atoms with Crippen LogP contribution in [0.4, 0.5) is 0 Å². The molecule has 7 nitrogen and oxygen atoms in total. The van der Waals surface area contributed by atoms with Gasteiger partial charge in [-0.05, 0) is 26.0 Å². The molecule has 1 fully saturated rings. The summed E-state index contributed by atoms with van der Waals surface area (Å²) in [7, 11) is 0. The molecule has 2 aromatic heterocycles. The lowest BCUT2D eigenvalue weighted by atomic mass is 10.0. The molecule has 2 aromatic rings. The van der Waals surface area contributed by atoms with Gasteiger partial charge < -0.3 is 14.1 Å². The molecule has 7 heteroatoms. The number of aryl methyl sites for hydroxylation is 2. The number of hydrogen-bond acceptors (Lipinski definition) is 5. The number of Topliss-reactive ketones (excluding diaryl/α,β-unsaturated/α-hetero) is 1. The van der Waals surface area contributed by atoms with Gasteiger partial charge in [0.2, 0.25) is 0 Å². The first-order chi connectivity index (χ1) is 11.1. The maximum absolute atomic E-state index is 12.9. The topological polar surface area (TPSA) is 88.4 Å². The lowest BCUT2D eigenvalue weighted by molar-refractivity contribution is -0.00310. The third kappa shape index (κ3) is 3.05. The average molecular weight is 317 g/mol. The summed E-state index contributed by atoms with van der Waals surface area (Å²) in [4.78, 5) is 26.8. The summed E-state index contributed by atoms with van der Waals surface area (Å²) in [5.41, 5.74) is 1.97. The van der Waals surface area contributed by atoms with Crippen LogP contribution in [0, 0.1) is 13.8 Å². The molecule has 0 aromatic carbocycles. The van der Waals surface area contributed by atoms with Gasteiger partial charge in [-0.1, -0.05) is 0 Å². The van der Waals surface area contributed by atoms with Crippen molar-refractivity contribution < 1.29 is 18.7 Å². The second kappa shape index (κ2) is 6.37. The van der Waals surface area contributed by atoms with Gasteiger partial charge in [0.25, 0.3) is 5.91 Å². The molecule has 0 spiro atoms. The number of hydrogen-bond donors (Lipinski definition) is 1. The maximum atomic E-state index is 12.9. The van der Waals surface area contributed by atoms with E-state index in [-0.39, 0.29) is 24.2 Å². The molecule has 3 rings (SSSR count). The number of ketones is 1. The third-order valence-electron chi connectivity index (χ3n) is 4.05. The Labute approximate surface area is 133 Å². The van der Waals surface area contributed by atoms with E-state index < -0.39 is 0 Å². The SMILES string of the molecule is Cc1n[nH]c(C)c1C(=O)N1CCOCC1CC(=O)c1ccco1. The van der Waals surface area contributed by atoms with Crippen molar-refractivity contribution in [2.45, 2.75) is 26.3 Å². The van der Waals surface area contributed by atoms with E-state index in [0.717, 1.165) is 5.69 Å². The number of furan rings is 1. The lowest BCUT2D eigenvalue weighted by Gasteiger charge is -2.35. The number of amides is 1. The first-order valence-corrected chi connectivity index (χ1v) is 7.55. The summed E-state index contributed by atoms with van der Waals surface area (Å²) in [6.45, 7) is 4.87. The average Bonchev–Trinajstić information content (AvgIpc) is 3.18. The largest absolute Gasteiger partial charge is 0.461 e. The summed E-state index contributed by atoms with van der Waals surface area (Å²) in [6.07, 6.45) is 1.64. The number of aromatic amines is 1. The summed E-state index contributed by atoms with van der Waals surface area (Å²) in [5, 5.41) is 6.90. The molecule has 0 radical (unpaired) electrons. The number of nitrogens with one attached hydrogen (secondary N) is 1. The summed E-state index contributed by atoms with van der Waals surface area (Å²) >= 11 is 0. The first-order valence-electron chi connectivity index (χ1n) is 7.55. The van der Waals surface area contributed by atoms with Gasteiger partial charge >= 0.3 is 0 Å². The predicted octanol–water partition coefficient (Wildman–Crippen LogP) is 1.73. The van der Waals surface area contributed by atoms with Crippen LogP contribution in [0.15, 0.2) is 22.8 Å². The van der Waals surface area contributed by atoms with Crippen LogP contribution in [-0.4, -0.2) is 52.6 Å². The van der Waals surface area contributed by atoms with Crippen LogP contribution in [0.3, 0.4) is 0 Å². The van der Waals surface area contributed by atoms with Crippen molar-refractivity contribution >= 4 is 11.7 Å². The van der Waals surface area contributed by atoms with E-state index >= 15 is 0 Å². The molecule has 1 amide bonds. The van der Waals surface area contributed by atoms with E-state index in [4.69, 9.17) is 9.15 Å². The summed E-state index contributed by atoms with van der Waals surface area (Å²) < 4.78 is 10.6. The molecule has 0 bridgehead atoms. The van der Waals surface area contributed by atoms with Crippen LogP contribution < -0.4 is 0 Å². The maximum Gasteiger partial charge on any atom is 0.258 e. The zero-order valence-electron chi connectivity index (χ0n) is 13.2. The molecule has 1 unspecified atom stereocenters. The third-order valence-corrected chi connectivity index (χ3v) is 4.05. The van der Waals surface area contributed by atoms with Crippen molar-refractivity contribution in [2.75, 3.05) is 19.8 Å². The molecule has 0 aliphatic carbocycles. The van der Waals surface area contributed by atoms with Gasteiger partial charge in [-0.25, -0.2) is 0 Å². The van der Waals surface area contributed by atoms with Gasteiger partial charge in [-0.2, -0.15) is 5.10 Å². The van der Waals surface area contributed by atoms with Gasteiger partial charge in [-0.3, -0.25) is 14.7 Å². The van der Waals surface area contributed by atoms with Crippen molar-refractivity contribution in [3.8, 4) is 0 Å². The Morgan fingerprint density at radius 3 is 2.91 bits per heavy atom. The normalized spacial score (nSPS) is 18.2. The van der Waals surface area contributed by atoms with Crippen LogP contribution >= 0.6 is 0 Å². The van der Waals surface area contributed by atoms with E-state index in [1.165, 1.54) is 6.26 Å². The highest BCUT2D eigenvalue weighted by Gasteiger charge is 2.32. The van der Waals surface area contributed by atoms with Crippen molar-refractivity contribution in [3.05, 3.63) is 41.1 Å². The van der Waals surface area contributed by atoms with Gasteiger partial charge in [0.1, 0.15) is 0 Å². The number of rotatable bonds is 4. The molecular weight excluding hydrogens is 298 g/mol. The number of carbonyl (C=O) groups excluding carboxylic acids is 2. The number of nitrogens with zero attached hydrogens (tertiary/aromatic N) is 2. The van der Waals surface area contributed by atoms with E-state index in [1.54, 1.807) is 24.0 Å². The number of morpholine rings is 1. The molecule has 3 heterocycles. The standard InChI is InChI=1S/C16H19N3O4/c1-10-15(11(2)18-17-10)16(21)19-5-7-22-9-12(19)8-13(20)14-4-3-6-23-14/h3-4,6,12H,5,7-9H2,1-2H3,(H,17,18). The molecule has 1 aliphatic heterocycles. The highest BCUT2D eigenvalue weighted by molar-refractivity contribution is 5.98. The van der Waals surface area contributed by atoms with Gasteiger partial charge in [-0.15, -0.1) is 0 Å². The zero-order chi connectivity index (χ0) is 16.4. The first kappa shape index (κ1) is 15.5. The minimum Gasteiger partial charge on any atom is -0.461 e. The molecule has 1 atom stereocenters. The number of aromatic nitrogens is 2. The minimum atomic E-state index is -0.303. The highest BCUT2D eigenvalue weighted by Crippen LogP contribution is 2.20. The Bertz CT molecular complexity index is 685. The molecular formula is C16H19N3O4. The Morgan fingerprint density at radius 1 is 1.43 bits per heavy atom. The molecule has 23 heavy (non-hydrogen) atoms. The zero-order valence-corrected chi connectivity index (χ0v) is 13.2. The van der Waals surface area contributed by atoms with E-state index in [0.29, 0.717) is 36.8 Å². The van der Waals surface area contributed by atoms with Crippen LogP contribution in [0.1, 0.15) is 38.7 Å². The lowest BCUT2D eigenvalue weighted by Crippen LogP contribution is -2.49. The molecule has 1 N–H and O–H groups in total. The Morgan fingerprint density at radius 2 is 2.26 bits per heavy atom. The predicted molar refractivity (Wildman–Crippen MR) is 81.4 cm³/mol. The van der Waals surface area contributed by atoms with Gasteiger partial charge in [0.05, 0.1) is 36.8 Å². The molecule has 1 saturated heterocycles. The molecule has 0 saturated carbocycles. The molecule has 122 valence electrons. The smallest absolute Gasteiger partial charge is 0.258 e. The summed E-state index contributed by atoms with van der Waals surface area (Å²) in [6, 6.07) is 3.00. The van der Waals surface area contributed by atoms with Crippen LogP contribution in [0.5, 0.6) is 0 Å². The second-order valence-corrected chi connectivity index (χ2v) is 5.64. The van der Waals surface area contributed by atoms with Crippen LogP contribution in [0.2, 0.25) is 0 Å². The van der Waals surface area contributed by atoms with E-state index in [9.17, 15) is 9.59 Å². The Balaban J connectivity index is 1.79. The van der Waals surface area contributed by atoms with Crippen molar-refractivity contribution in [3.63, 3.8) is 0 Å². The Hall–Kier alpha value is -2.41. The van der Waals surface area contributed by atoms with Crippen molar-refractivity contribution in [1.29, 1.82) is 0 Å². The van der Waals surface area contributed by atoms with Gasteiger partial charge in [0, 0.05) is 18.7 Å². The fraction of sp³-hybridized carbons (Fsp3) is 0.438. The van der Waals surface area contributed by atoms with Crippen LogP contribution in [0.25, 0.3) is 0 Å². The number of H-pyrrole nitrogens is 1. The fourth-order valence-corrected chi connectivity index (χ4v) is 2.85. The van der Waals surface area contributed by atoms with E-state index in [1.807, 2.05) is 6.92 Å². The van der Waals surface area contributed by atoms with Crippen molar-refractivity contribution in [2.24, 2.45) is 0 Å². The monoisotopic (exact) mass is 317 g/mol. The highest BCUT2D eigenvalue weighted by atomic mass is 16.5. The number of carbonyl (C=O) groups is 2. The number of ether oxygens (including phenoxy) is 1. The van der Waals surface area contributed by atoms with E-state index in [2.05, 4.69) is 10.2 Å². The van der Waals surface area contributed by atoms with Gasteiger partial charge in [0.15, 0.2) is 11.5 Å². The molecule has 1 aliphatic rings. The second-order valence-electron chi connectivity index (χ2n) is 5.64. The Kier molecular flexibility index (Phi) is 4.29. The fourth-order valence-electron chi connectivity index (χ4n) is 2.85. The minimum absolute atomic E-state index is 0.116. The van der Waals surface area contributed by atoms with Crippen LogP contribution in [-0.2, 0) is 4.74 Å². The summed E-state index contributed by atoms with van der Waals surface area (Å²) in [5.74, 6) is 0.0527. The quantitative estimate of drug-likeness (QED) is 0.868.